The minimum atomic E-state index is -0.247. The number of aryl methyl sites for hydroxylation is 1. The summed E-state index contributed by atoms with van der Waals surface area (Å²) in [5.41, 5.74) is 14.5. The molecule has 2 aromatic rings. The Morgan fingerprint density at radius 1 is 1.22 bits per heavy atom. The summed E-state index contributed by atoms with van der Waals surface area (Å²) in [6.07, 6.45) is 3.13. The van der Waals surface area contributed by atoms with Crippen LogP contribution in [0.1, 0.15) is 34.8 Å². The number of hydrogen-bond donors (Lipinski definition) is 2. The zero-order valence-corrected chi connectivity index (χ0v) is 13.4. The number of furan rings is 1. The van der Waals surface area contributed by atoms with Gasteiger partial charge in [-0.15, -0.1) is 17.5 Å². The molecule has 1 atom stereocenters. The molecule has 0 spiro atoms. The van der Waals surface area contributed by atoms with E-state index in [9.17, 15) is 4.39 Å². The van der Waals surface area contributed by atoms with Gasteiger partial charge in [0, 0.05) is 12.0 Å². The van der Waals surface area contributed by atoms with E-state index in [4.69, 9.17) is 15.9 Å². The lowest BCUT2D eigenvalue weighted by atomic mass is 9.81. The van der Waals surface area contributed by atoms with E-state index in [0.717, 1.165) is 34.6 Å². The maximum atomic E-state index is 13.1. The molecule has 5 nitrogen and oxygen atoms in total. The van der Waals surface area contributed by atoms with Gasteiger partial charge in [0.25, 0.3) is 0 Å². The Hall–Kier alpha value is -2.34. The highest BCUT2D eigenvalue weighted by molar-refractivity contribution is 6.04. The fraction of sp³-hybridized carbons (Fsp3) is 0.250. The summed E-state index contributed by atoms with van der Waals surface area (Å²) in [7, 11) is 0. The molecule has 4 N–H and O–H groups in total. The Kier molecular flexibility index (Phi) is 5.05. The molecule has 23 heavy (non-hydrogen) atoms. The minimum Gasteiger partial charge on any atom is -0.468 e. The van der Waals surface area contributed by atoms with E-state index in [2.05, 4.69) is 10.2 Å². The molecule has 1 aromatic heterocycles. The van der Waals surface area contributed by atoms with Gasteiger partial charge in [-0.3, -0.25) is 0 Å². The number of hydrogen-bond acceptors (Lipinski definition) is 3. The smallest absolute Gasteiger partial charge is 0.211 e. The Bertz CT molecular complexity index is 748. The first kappa shape index (κ1) is 17.0. The summed E-state index contributed by atoms with van der Waals surface area (Å²) in [5.74, 6) is 0.691. The van der Waals surface area contributed by atoms with E-state index in [0.29, 0.717) is 6.42 Å². The number of guanidine groups is 1. The van der Waals surface area contributed by atoms with Gasteiger partial charge in [-0.25, -0.2) is 4.39 Å². The van der Waals surface area contributed by atoms with Crippen molar-refractivity contribution in [3.8, 4) is 0 Å². The second-order valence-electron chi connectivity index (χ2n) is 5.45. The predicted molar refractivity (Wildman–Crippen MR) is 90.5 cm³/mol. The molecule has 0 amide bonds. The molecule has 0 aliphatic heterocycles. The van der Waals surface area contributed by atoms with E-state index in [1.54, 1.807) is 18.4 Å². The highest BCUT2D eigenvalue weighted by Crippen LogP contribution is 2.35. The van der Waals surface area contributed by atoms with Crippen LogP contribution in [0, 0.1) is 12.7 Å². The largest absolute Gasteiger partial charge is 0.468 e. The molecule has 3 rings (SSSR count). The van der Waals surface area contributed by atoms with Crippen molar-refractivity contribution < 1.29 is 8.81 Å². The highest BCUT2D eigenvalue weighted by atomic mass is 35.5. The molecular weight excluding hydrogens is 319 g/mol. The van der Waals surface area contributed by atoms with Crippen molar-refractivity contribution >= 4 is 24.1 Å². The molecule has 1 heterocycles. The van der Waals surface area contributed by atoms with Crippen molar-refractivity contribution in [2.45, 2.75) is 25.7 Å². The molecule has 122 valence electrons. The third kappa shape index (κ3) is 3.53. The van der Waals surface area contributed by atoms with E-state index >= 15 is 0 Å². The average molecular weight is 337 g/mol. The predicted octanol–water partition coefficient (Wildman–Crippen LogP) is 2.86. The van der Waals surface area contributed by atoms with Crippen molar-refractivity contribution in [2.75, 3.05) is 0 Å². The quantitative estimate of drug-likeness (QED) is 0.502. The molecule has 7 heteroatoms. The fourth-order valence-corrected chi connectivity index (χ4v) is 2.85. The van der Waals surface area contributed by atoms with Crippen LogP contribution < -0.4 is 11.5 Å². The van der Waals surface area contributed by atoms with Crippen LogP contribution in [0.4, 0.5) is 4.39 Å². The Balaban J connectivity index is 0.00000192. The lowest BCUT2D eigenvalue weighted by Crippen LogP contribution is -2.23. The molecule has 1 aliphatic rings. The third-order valence-electron chi connectivity index (χ3n) is 3.84. The summed E-state index contributed by atoms with van der Waals surface area (Å²) >= 11 is 0. The van der Waals surface area contributed by atoms with Crippen LogP contribution in [0.15, 0.2) is 45.1 Å². The minimum absolute atomic E-state index is 0. The lowest BCUT2D eigenvalue weighted by Gasteiger charge is -2.23. The third-order valence-corrected chi connectivity index (χ3v) is 3.84. The zero-order valence-electron chi connectivity index (χ0n) is 12.6. The van der Waals surface area contributed by atoms with Crippen LogP contribution in [0.5, 0.6) is 0 Å². The molecule has 0 radical (unpaired) electrons. The second kappa shape index (κ2) is 6.83. The van der Waals surface area contributed by atoms with Crippen molar-refractivity contribution in [3.05, 3.63) is 58.8 Å². The van der Waals surface area contributed by atoms with Gasteiger partial charge >= 0.3 is 0 Å². The first-order valence-electron chi connectivity index (χ1n) is 7.03. The van der Waals surface area contributed by atoms with Crippen LogP contribution in [-0.4, -0.2) is 11.7 Å². The van der Waals surface area contributed by atoms with Crippen LogP contribution in [0.2, 0.25) is 0 Å². The van der Waals surface area contributed by atoms with Crippen LogP contribution in [0.3, 0.4) is 0 Å². The Morgan fingerprint density at radius 3 is 2.57 bits per heavy atom. The van der Waals surface area contributed by atoms with Crippen molar-refractivity contribution in [1.82, 2.24) is 0 Å². The fourth-order valence-electron chi connectivity index (χ4n) is 2.85. The topological polar surface area (TPSA) is 89.9 Å². The van der Waals surface area contributed by atoms with Crippen LogP contribution in [-0.2, 0) is 6.42 Å². The van der Waals surface area contributed by atoms with Gasteiger partial charge in [-0.1, -0.05) is 12.1 Å². The summed E-state index contributed by atoms with van der Waals surface area (Å²) in [4.78, 5) is 0. The number of rotatable bonds is 2. The molecule has 1 aliphatic carbocycles. The number of halogens is 2. The Labute approximate surface area is 139 Å². The van der Waals surface area contributed by atoms with E-state index in [1.165, 1.54) is 12.1 Å². The van der Waals surface area contributed by atoms with Gasteiger partial charge in [0.2, 0.25) is 5.96 Å². The van der Waals surface area contributed by atoms with Crippen molar-refractivity contribution in [3.63, 3.8) is 0 Å². The Morgan fingerprint density at radius 2 is 1.91 bits per heavy atom. The molecule has 0 saturated carbocycles. The molecule has 1 aromatic carbocycles. The molecule has 0 bridgehead atoms. The van der Waals surface area contributed by atoms with Gasteiger partial charge in [0.05, 0.1) is 12.0 Å². The summed E-state index contributed by atoms with van der Waals surface area (Å²) in [5, 5.41) is 7.94. The summed E-state index contributed by atoms with van der Waals surface area (Å²) < 4.78 is 18.7. The molecule has 0 fully saturated rings. The van der Waals surface area contributed by atoms with Gasteiger partial charge in [-0.2, -0.15) is 5.10 Å². The molecular formula is C16H18ClFN4O. The maximum absolute atomic E-state index is 13.1. The van der Waals surface area contributed by atoms with E-state index in [1.807, 2.05) is 6.92 Å². The number of nitrogens with two attached hydrogens (primary N) is 2. The number of benzene rings is 1. The van der Waals surface area contributed by atoms with E-state index < -0.39 is 0 Å². The average Bonchev–Trinajstić information content (AvgIpc) is 2.87. The van der Waals surface area contributed by atoms with E-state index in [-0.39, 0.29) is 30.1 Å². The standard InChI is InChI=1S/C16H17FN4O.ClH/c1-9-8-22-14-7-11(10-2-4-12(17)5-3-10)6-13(15(9)14)20-21-16(18)19;/h2-5,8,11H,6-7H2,1H3,(H4,18,19,21);1H/b20-13-;. The molecule has 1 unspecified atom stereocenters. The first-order valence-corrected chi connectivity index (χ1v) is 7.03. The summed E-state index contributed by atoms with van der Waals surface area (Å²) in [6, 6.07) is 6.51. The highest BCUT2D eigenvalue weighted by Gasteiger charge is 2.29. The molecule has 0 saturated heterocycles. The van der Waals surface area contributed by atoms with Crippen LogP contribution in [0.25, 0.3) is 0 Å². The van der Waals surface area contributed by atoms with Crippen molar-refractivity contribution in [2.24, 2.45) is 21.7 Å². The van der Waals surface area contributed by atoms with Gasteiger partial charge in [0.15, 0.2) is 0 Å². The lowest BCUT2D eigenvalue weighted by molar-refractivity contribution is 0.480. The number of nitrogens with zero attached hydrogens (tertiary/aromatic N) is 2. The number of fused-ring (bicyclic) bond motifs is 1. The second-order valence-corrected chi connectivity index (χ2v) is 5.45. The SMILES string of the molecule is Cc1coc2c1/C(=N\N=C(N)N)CC(c1ccc(F)cc1)C2.Cl. The monoisotopic (exact) mass is 336 g/mol. The van der Waals surface area contributed by atoms with Crippen molar-refractivity contribution in [1.29, 1.82) is 0 Å². The summed E-state index contributed by atoms with van der Waals surface area (Å²) in [6.45, 7) is 1.96. The van der Waals surface area contributed by atoms with Gasteiger partial charge in [0.1, 0.15) is 11.6 Å². The van der Waals surface area contributed by atoms with Crippen LogP contribution >= 0.6 is 12.4 Å². The van der Waals surface area contributed by atoms with Gasteiger partial charge in [-0.05, 0) is 42.5 Å². The first-order chi connectivity index (χ1) is 10.5. The maximum Gasteiger partial charge on any atom is 0.211 e. The normalized spacial score (nSPS) is 18.2. The zero-order chi connectivity index (χ0) is 15.7. The van der Waals surface area contributed by atoms with Gasteiger partial charge < -0.3 is 15.9 Å².